The molecule has 0 aliphatic heterocycles. The Labute approximate surface area is 202 Å². The standard InChI is InChI=1S/C23H16ClFN8S/c24-15-7-17-21(29-12-20-27-5-6-34-20)14(9-26)10-28-23(17)18(8-15)31-22(19-11-30-33-32-19)13-1-3-16(25)4-2-13/h1-8,10-11,22,31H,12H2,(H,28,29)(H,30,32,33)/t22-/m0/s1. The molecule has 3 heterocycles. The van der Waals surface area contributed by atoms with Gasteiger partial charge in [0.15, 0.2) is 0 Å². The highest BCUT2D eigenvalue weighted by atomic mass is 35.5. The van der Waals surface area contributed by atoms with Gasteiger partial charge in [-0.25, -0.2) is 9.37 Å². The fraction of sp³-hybridized carbons (Fsp3) is 0.0870. The largest absolute Gasteiger partial charge is 0.377 e. The number of H-pyrrole nitrogens is 1. The number of pyridine rings is 1. The minimum atomic E-state index is -0.454. The highest BCUT2D eigenvalue weighted by molar-refractivity contribution is 7.09. The van der Waals surface area contributed by atoms with Crippen LogP contribution in [-0.4, -0.2) is 25.4 Å². The van der Waals surface area contributed by atoms with Gasteiger partial charge >= 0.3 is 0 Å². The highest BCUT2D eigenvalue weighted by Gasteiger charge is 2.20. The number of hydrogen-bond donors (Lipinski definition) is 3. The molecular weight excluding hydrogens is 475 g/mol. The number of benzene rings is 2. The third kappa shape index (κ3) is 4.39. The number of fused-ring (bicyclic) bond motifs is 1. The molecule has 0 saturated heterocycles. The molecule has 8 nitrogen and oxygen atoms in total. The summed E-state index contributed by atoms with van der Waals surface area (Å²) in [7, 11) is 0. The Morgan fingerprint density at radius 2 is 2.03 bits per heavy atom. The maximum Gasteiger partial charge on any atom is 0.123 e. The Bertz CT molecular complexity index is 1460. The van der Waals surface area contributed by atoms with Gasteiger partial charge < -0.3 is 10.6 Å². The van der Waals surface area contributed by atoms with Gasteiger partial charge in [-0.05, 0) is 29.8 Å². The van der Waals surface area contributed by atoms with Crippen molar-refractivity contribution in [3.8, 4) is 6.07 Å². The highest BCUT2D eigenvalue weighted by Crippen LogP contribution is 2.36. The molecule has 0 spiro atoms. The first-order valence-corrected chi connectivity index (χ1v) is 11.4. The van der Waals surface area contributed by atoms with Crippen LogP contribution < -0.4 is 10.6 Å². The number of nitrogens with zero attached hydrogens (tertiary/aromatic N) is 5. The van der Waals surface area contributed by atoms with Crippen LogP contribution in [0.1, 0.15) is 27.9 Å². The molecule has 2 aromatic carbocycles. The van der Waals surface area contributed by atoms with Crippen molar-refractivity contribution in [2.45, 2.75) is 12.6 Å². The lowest BCUT2D eigenvalue weighted by Crippen LogP contribution is -2.14. The van der Waals surface area contributed by atoms with Gasteiger partial charge in [0, 0.05) is 28.2 Å². The molecule has 0 aliphatic rings. The molecule has 0 aliphatic carbocycles. The normalized spacial score (nSPS) is 11.8. The predicted molar refractivity (Wildman–Crippen MR) is 129 cm³/mol. The number of thiazole rings is 1. The van der Waals surface area contributed by atoms with Gasteiger partial charge in [0.05, 0.1) is 41.2 Å². The number of aromatic nitrogens is 5. The number of rotatable bonds is 7. The smallest absolute Gasteiger partial charge is 0.123 e. The Balaban J connectivity index is 1.59. The fourth-order valence-corrected chi connectivity index (χ4v) is 4.42. The lowest BCUT2D eigenvalue weighted by atomic mass is 10.0. The summed E-state index contributed by atoms with van der Waals surface area (Å²) >= 11 is 8.01. The van der Waals surface area contributed by atoms with Crippen LogP contribution in [0.5, 0.6) is 0 Å². The van der Waals surface area contributed by atoms with Gasteiger partial charge in [-0.1, -0.05) is 23.7 Å². The van der Waals surface area contributed by atoms with Gasteiger partial charge in [-0.15, -0.1) is 11.3 Å². The molecule has 3 N–H and O–H groups in total. The number of aromatic amines is 1. The summed E-state index contributed by atoms with van der Waals surface area (Å²) < 4.78 is 13.6. The van der Waals surface area contributed by atoms with Gasteiger partial charge in [0.25, 0.3) is 0 Å². The van der Waals surface area contributed by atoms with Crippen molar-refractivity contribution < 1.29 is 4.39 Å². The predicted octanol–water partition coefficient (Wildman–Crippen LogP) is 5.29. The van der Waals surface area contributed by atoms with Crippen molar-refractivity contribution in [2.24, 2.45) is 0 Å². The molecule has 0 bridgehead atoms. The van der Waals surface area contributed by atoms with Crippen molar-refractivity contribution in [3.05, 3.63) is 93.0 Å². The van der Waals surface area contributed by atoms with E-state index in [0.29, 0.717) is 45.1 Å². The van der Waals surface area contributed by atoms with Crippen molar-refractivity contribution in [1.29, 1.82) is 5.26 Å². The van der Waals surface area contributed by atoms with Crippen LogP contribution in [0.2, 0.25) is 5.02 Å². The van der Waals surface area contributed by atoms with Gasteiger partial charge in [-0.3, -0.25) is 4.98 Å². The second-order valence-corrected chi connectivity index (χ2v) is 8.73. The Morgan fingerprint density at radius 1 is 1.18 bits per heavy atom. The van der Waals surface area contributed by atoms with E-state index in [0.717, 1.165) is 10.6 Å². The number of hydrogen-bond acceptors (Lipinski definition) is 8. The number of halogens is 2. The monoisotopic (exact) mass is 490 g/mol. The average molecular weight is 491 g/mol. The molecule has 0 fully saturated rings. The van der Waals surface area contributed by atoms with Gasteiger partial charge in [0.2, 0.25) is 0 Å². The molecule has 0 radical (unpaired) electrons. The molecule has 5 aromatic rings. The third-order valence-electron chi connectivity index (χ3n) is 5.19. The third-order valence-corrected chi connectivity index (χ3v) is 6.19. The molecule has 5 rings (SSSR count). The summed E-state index contributed by atoms with van der Waals surface area (Å²) in [5.74, 6) is -0.336. The van der Waals surface area contributed by atoms with Crippen LogP contribution in [0.4, 0.5) is 15.8 Å². The van der Waals surface area contributed by atoms with E-state index >= 15 is 0 Å². The van der Waals surface area contributed by atoms with E-state index in [4.69, 9.17) is 11.6 Å². The Hall–Kier alpha value is -4.07. The van der Waals surface area contributed by atoms with Gasteiger partial charge in [0.1, 0.15) is 22.6 Å². The average Bonchev–Trinajstić information content (AvgIpc) is 3.56. The van der Waals surface area contributed by atoms with Crippen molar-refractivity contribution in [3.63, 3.8) is 0 Å². The molecule has 11 heteroatoms. The number of nitriles is 1. The quantitative estimate of drug-likeness (QED) is 0.284. The first-order chi connectivity index (χ1) is 16.6. The summed E-state index contributed by atoms with van der Waals surface area (Å²) in [5, 5.41) is 31.1. The van der Waals surface area contributed by atoms with Gasteiger partial charge in [-0.2, -0.15) is 20.7 Å². The first kappa shape index (κ1) is 21.8. The fourth-order valence-electron chi connectivity index (χ4n) is 3.65. The van der Waals surface area contributed by atoms with Crippen molar-refractivity contribution >= 4 is 45.2 Å². The van der Waals surface area contributed by atoms with Crippen LogP contribution in [0, 0.1) is 17.1 Å². The van der Waals surface area contributed by atoms with Crippen LogP contribution in [0.15, 0.2) is 60.4 Å². The number of anilines is 2. The van der Waals surface area contributed by atoms with E-state index in [9.17, 15) is 9.65 Å². The summed E-state index contributed by atoms with van der Waals surface area (Å²) in [5.41, 5.74) is 3.63. The molecule has 34 heavy (non-hydrogen) atoms. The molecular formula is C23H16ClFN8S. The van der Waals surface area contributed by atoms with Crippen LogP contribution in [0.3, 0.4) is 0 Å². The van der Waals surface area contributed by atoms with E-state index in [1.807, 2.05) is 5.38 Å². The zero-order chi connectivity index (χ0) is 23.5. The SMILES string of the molecule is N#Cc1cnc2c(N[C@@H](c3ccc(F)cc3)c3cn[nH]n3)cc(Cl)cc2c1NCc1nccs1. The molecule has 3 aromatic heterocycles. The Kier molecular flexibility index (Phi) is 6.03. The molecule has 0 saturated carbocycles. The van der Waals surface area contributed by atoms with E-state index in [2.05, 4.69) is 42.1 Å². The second kappa shape index (κ2) is 9.43. The lowest BCUT2D eigenvalue weighted by Gasteiger charge is -2.20. The van der Waals surface area contributed by atoms with Crippen LogP contribution in [0.25, 0.3) is 10.9 Å². The van der Waals surface area contributed by atoms with E-state index in [1.54, 1.807) is 36.7 Å². The van der Waals surface area contributed by atoms with Crippen LogP contribution >= 0.6 is 22.9 Å². The minimum Gasteiger partial charge on any atom is -0.377 e. The zero-order valence-electron chi connectivity index (χ0n) is 17.5. The first-order valence-electron chi connectivity index (χ1n) is 10.1. The maximum atomic E-state index is 13.6. The molecule has 1 atom stereocenters. The minimum absolute atomic E-state index is 0.336. The molecule has 0 amide bonds. The zero-order valence-corrected chi connectivity index (χ0v) is 19.0. The lowest BCUT2D eigenvalue weighted by molar-refractivity contribution is 0.626. The van der Waals surface area contributed by atoms with E-state index < -0.39 is 6.04 Å². The van der Waals surface area contributed by atoms with E-state index in [-0.39, 0.29) is 5.82 Å². The molecule has 168 valence electrons. The Morgan fingerprint density at radius 3 is 2.74 bits per heavy atom. The summed E-state index contributed by atoms with van der Waals surface area (Å²) in [4.78, 5) is 8.83. The summed E-state index contributed by atoms with van der Waals surface area (Å²) in [6.45, 7) is 0.456. The van der Waals surface area contributed by atoms with Crippen LogP contribution in [-0.2, 0) is 6.54 Å². The second-order valence-electron chi connectivity index (χ2n) is 7.31. The summed E-state index contributed by atoms with van der Waals surface area (Å²) in [6.07, 6.45) is 4.85. The van der Waals surface area contributed by atoms with Crippen molar-refractivity contribution in [2.75, 3.05) is 10.6 Å². The molecule has 0 unspecified atom stereocenters. The topological polar surface area (TPSA) is 115 Å². The number of nitrogens with one attached hydrogen (secondary N) is 3. The van der Waals surface area contributed by atoms with Crippen molar-refractivity contribution in [1.82, 2.24) is 25.4 Å². The maximum absolute atomic E-state index is 13.6. The summed E-state index contributed by atoms with van der Waals surface area (Å²) in [6, 6.07) is 11.4. The van der Waals surface area contributed by atoms with E-state index in [1.165, 1.54) is 29.7 Å².